The molecule has 4 aromatic rings. The van der Waals surface area contributed by atoms with Gasteiger partial charge in [0.15, 0.2) is 12.3 Å². The van der Waals surface area contributed by atoms with Crippen LogP contribution >= 0.6 is 0 Å². The number of nitrogens with zero attached hydrogens (tertiary/aromatic N) is 6. The fourth-order valence-electron chi connectivity index (χ4n) is 2.80. The molecule has 0 radical (unpaired) electrons. The highest BCUT2D eigenvalue weighted by molar-refractivity contribution is 5.98. The molecule has 0 aliphatic carbocycles. The number of ether oxygens (including phenoxy) is 1. The van der Waals surface area contributed by atoms with Crippen LogP contribution in [0.4, 0.5) is 5.82 Å². The molecule has 33 heavy (non-hydrogen) atoms. The Morgan fingerprint density at radius 1 is 1.12 bits per heavy atom. The fourth-order valence-corrected chi connectivity index (χ4v) is 2.80. The summed E-state index contributed by atoms with van der Waals surface area (Å²) in [6.07, 6.45) is 1.43. The predicted octanol–water partition coefficient (Wildman–Crippen LogP) is 0.527. The average molecular weight is 447 g/mol. The Hall–Kier alpha value is -5.07. The van der Waals surface area contributed by atoms with Gasteiger partial charge in [0.2, 0.25) is 11.6 Å². The molecule has 0 spiro atoms. The molecule has 13 heteroatoms. The second-order valence-electron chi connectivity index (χ2n) is 6.56. The van der Waals surface area contributed by atoms with Crippen LogP contribution in [0.15, 0.2) is 64.3 Å². The van der Waals surface area contributed by atoms with Crippen LogP contribution in [0.1, 0.15) is 16.1 Å². The molecule has 0 saturated heterocycles. The van der Waals surface area contributed by atoms with Crippen LogP contribution in [0.25, 0.3) is 17.1 Å². The van der Waals surface area contributed by atoms with Crippen molar-refractivity contribution in [2.24, 2.45) is 10.8 Å². The van der Waals surface area contributed by atoms with Crippen LogP contribution in [-0.2, 0) is 4.79 Å². The van der Waals surface area contributed by atoms with Gasteiger partial charge in [0.25, 0.3) is 11.8 Å². The minimum Gasteiger partial charge on any atom is -0.484 e. The number of carbonyl (C=O) groups excluding carboxylic acids is 2. The van der Waals surface area contributed by atoms with Crippen molar-refractivity contribution in [2.45, 2.75) is 0 Å². The number of amides is 2. The number of carbonyl (C=O) groups is 2. The first-order valence-corrected chi connectivity index (χ1v) is 9.47. The van der Waals surface area contributed by atoms with Crippen LogP contribution in [0.5, 0.6) is 5.75 Å². The van der Waals surface area contributed by atoms with Gasteiger partial charge in [-0.3, -0.25) is 9.59 Å². The first-order valence-electron chi connectivity index (χ1n) is 9.47. The SMILES string of the molecule is NC(=O)COc1ccc(C=NNC(=O)c2nnn(-c3nonc3N)c2-c2ccccc2)cc1. The topological polar surface area (TPSA) is 189 Å². The van der Waals surface area contributed by atoms with E-state index in [0.29, 0.717) is 22.6 Å². The van der Waals surface area contributed by atoms with E-state index in [-0.39, 0.29) is 23.9 Å². The third-order valence-electron chi connectivity index (χ3n) is 4.27. The molecular formula is C20H17N9O4. The maximum absolute atomic E-state index is 12.8. The summed E-state index contributed by atoms with van der Waals surface area (Å²) in [4.78, 5) is 23.6. The van der Waals surface area contributed by atoms with Gasteiger partial charge in [-0.05, 0) is 40.1 Å². The van der Waals surface area contributed by atoms with Crippen molar-refractivity contribution in [3.05, 3.63) is 65.9 Å². The van der Waals surface area contributed by atoms with E-state index in [1.54, 1.807) is 48.5 Å². The van der Waals surface area contributed by atoms with Gasteiger partial charge in [-0.1, -0.05) is 35.5 Å². The highest BCUT2D eigenvalue weighted by Crippen LogP contribution is 2.26. The third-order valence-corrected chi connectivity index (χ3v) is 4.27. The van der Waals surface area contributed by atoms with Crippen molar-refractivity contribution in [2.75, 3.05) is 12.3 Å². The molecule has 0 atom stereocenters. The Morgan fingerprint density at radius 2 is 1.88 bits per heavy atom. The molecule has 2 amide bonds. The maximum atomic E-state index is 12.8. The van der Waals surface area contributed by atoms with Gasteiger partial charge in [0.05, 0.1) is 6.21 Å². The number of hydrogen-bond acceptors (Lipinski definition) is 10. The number of aromatic nitrogens is 5. The van der Waals surface area contributed by atoms with E-state index in [0.717, 1.165) is 0 Å². The largest absolute Gasteiger partial charge is 0.484 e. The van der Waals surface area contributed by atoms with E-state index >= 15 is 0 Å². The number of primary amides is 1. The quantitative estimate of drug-likeness (QED) is 0.255. The van der Waals surface area contributed by atoms with Crippen LogP contribution in [0.3, 0.4) is 0 Å². The molecule has 2 heterocycles. The number of hydrazone groups is 1. The van der Waals surface area contributed by atoms with Crippen molar-refractivity contribution < 1.29 is 19.0 Å². The summed E-state index contributed by atoms with van der Waals surface area (Å²) in [6.45, 7) is -0.218. The number of nitrogens with one attached hydrogen (secondary N) is 1. The summed E-state index contributed by atoms with van der Waals surface area (Å²) in [5.74, 6) is -0.612. The van der Waals surface area contributed by atoms with E-state index in [2.05, 4.69) is 35.8 Å². The molecular weight excluding hydrogens is 430 g/mol. The molecule has 0 unspecified atom stereocenters. The van der Waals surface area contributed by atoms with Crippen LogP contribution in [0.2, 0.25) is 0 Å². The first-order chi connectivity index (χ1) is 16.0. The van der Waals surface area contributed by atoms with Crippen molar-refractivity contribution in [1.29, 1.82) is 0 Å². The first kappa shape index (κ1) is 21.2. The van der Waals surface area contributed by atoms with Crippen LogP contribution < -0.4 is 21.6 Å². The Kier molecular flexibility index (Phi) is 6.02. The normalized spacial score (nSPS) is 10.9. The molecule has 4 rings (SSSR count). The molecule has 0 fully saturated rings. The zero-order valence-corrected chi connectivity index (χ0v) is 17.0. The number of rotatable bonds is 8. The lowest BCUT2D eigenvalue weighted by molar-refractivity contribution is -0.119. The molecule has 0 aliphatic heterocycles. The Balaban J connectivity index is 1.53. The average Bonchev–Trinajstić information content (AvgIpc) is 3.45. The van der Waals surface area contributed by atoms with Crippen molar-refractivity contribution in [3.8, 4) is 22.8 Å². The lowest BCUT2D eigenvalue weighted by Crippen LogP contribution is -2.20. The highest BCUT2D eigenvalue weighted by atomic mass is 16.6. The standard InChI is InChI=1S/C20H17N9O4/c21-15(30)11-32-14-8-6-12(7-9-14)10-23-25-20(31)16-17(13-4-2-1-3-5-13)29(28-24-16)19-18(22)26-33-27-19/h1-10H,11H2,(H2,21,30)(H2,22,26)(H,25,31). The third kappa shape index (κ3) is 4.82. The number of nitrogens with two attached hydrogens (primary N) is 2. The summed E-state index contributed by atoms with van der Waals surface area (Å²) >= 11 is 0. The van der Waals surface area contributed by atoms with Crippen LogP contribution in [0, 0.1) is 0 Å². The molecule has 0 saturated carbocycles. The molecule has 0 bridgehead atoms. The van der Waals surface area contributed by atoms with Gasteiger partial charge in [-0.2, -0.15) is 9.78 Å². The van der Waals surface area contributed by atoms with Gasteiger partial charge in [0.1, 0.15) is 11.4 Å². The zero-order valence-electron chi connectivity index (χ0n) is 17.0. The van der Waals surface area contributed by atoms with Gasteiger partial charge in [-0.15, -0.1) is 5.10 Å². The van der Waals surface area contributed by atoms with E-state index in [1.165, 1.54) is 10.9 Å². The summed E-state index contributed by atoms with van der Waals surface area (Å²) in [5, 5.41) is 19.2. The second-order valence-corrected chi connectivity index (χ2v) is 6.56. The van der Waals surface area contributed by atoms with Gasteiger partial charge >= 0.3 is 0 Å². The van der Waals surface area contributed by atoms with Crippen molar-refractivity contribution in [3.63, 3.8) is 0 Å². The van der Waals surface area contributed by atoms with Gasteiger partial charge in [-0.25, -0.2) is 10.1 Å². The molecule has 2 aromatic heterocycles. The molecule has 13 nitrogen and oxygen atoms in total. The Morgan fingerprint density at radius 3 is 2.55 bits per heavy atom. The van der Waals surface area contributed by atoms with E-state index in [1.807, 2.05) is 6.07 Å². The Labute approximate surface area is 186 Å². The highest BCUT2D eigenvalue weighted by Gasteiger charge is 2.24. The maximum Gasteiger partial charge on any atom is 0.294 e. The van der Waals surface area contributed by atoms with Gasteiger partial charge < -0.3 is 16.2 Å². The second kappa shape index (κ2) is 9.38. The zero-order chi connectivity index (χ0) is 23.2. The van der Waals surface area contributed by atoms with Crippen molar-refractivity contribution >= 4 is 23.8 Å². The van der Waals surface area contributed by atoms with Gasteiger partial charge in [0, 0.05) is 5.56 Å². The lowest BCUT2D eigenvalue weighted by atomic mass is 10.1. The summed E-state index contributed by atoms with van der Waals surface area (Å²) in [7, 11) is 0. The number of anilines is 1. The number of hydrogen-bond donors (Lipinski definition) is 3. The van der Waals surface area contributed by atoms with E-state index in [9.17, 15) is 9.59 Å². The number of benzene rings is 2. The summed E-state index contributed by atoms with van der Waals surface area (Å²) in [6, 6.07) is 15.7. The van der Waals surface area contributed by atoms with Crippen molar-refractivity contribution in [1.82, 2.24) is 30.7 Å². The van der Waals surface area contributed by atoms with E-state index in [4.69, 9.17) is 16.2 Å². The molecule has 2 aromatic carbocycles. The molecule has 166 valence electrons. The minimum absolute atomic E-state index is 0.00375. The Bertz CT molecular complexity index is 1300. The monoisotopic (exact) mass is 447 g/mol. The number of nitrogen functional groups attached to an aromatic ring is 1. The lowest BCUT2D eigenvalue weighted by Gasteiger charge is -2.05. The smallest absolute Gasteiger partial charge is 0.294 e. The van der Waals surface area contributed by atoms with Crippen LogP contribution in [-0.4, -0.2) is 49.9 Å². The summed E-state index contributed by atoms with van der Waals surface area (Å²) in [5.41, 5.74) is 14.9. The minimum atomic E-state index is -0.604. The summed E-state index contributed by atoms with van der Waals surface area (Å²) < 4.78 is 11.1. The predicted molar refractivity (Wildman–Crippen MR) is 115 cm³/mol. The molecule has 5 N–H and O–H groups in total. The molecule has 0 aliphatic rings. The fraction of sp³-hybridized carbons (Fsp3) is 0.0500. The van der Waals surface area contributed by atoms with E-state index < -0.39 is 11.8 Å².